The number of ketones is 1. The molecule has 0 aliphatic rings. The molecule has 0 bridgehead atoms. The zero-order valence-electron chi connectivity index (χ0n) is 14.7. The maximum absolute atomic E-state index is 13.1. The Morgan fingerprint density at radius 1 is 1.27 bits per heavy atom. The zero-order chi connectivity index (χ0) is 18.7. The molecule has 2 heterocycles. The van der Waals surface area contributed by atoms with E-state index < -0.39 is 5.82 Å². The summed E-state index contributed by atoms with van der Waals surface area (Å²) in [4.78, 5) is 30.1. The summed E-state index contributed by atoms with van der Waals surface area (Å²) in [7, 11) is 1.71. The first kappa shape index (κ1) is 18.0. The van der Waals surface area contributed by atoms with E-state index in [-0.39, 0.29) is 11.6 Å². The highest BCUT2D eigenvalue weighted by Gasteiger charge is 2.18. The van der Waals surface area contributed by atoms with Crippen molar-refractivity contribution in [2.75, 3.05) is 7.05 Å². The van der Waals surface area contributed by atoms with E-state index in [9.17, 15) is 9.18 Å². The first-order chi connectivity index (χ1) is 12.5. The van der Waals surface area contributed by atoms with Gasteiger partial charge in [0.05, 0.1) is 10.2 Å². The van der Waals surface area contributed by atoms with Crippen LogP contribution in [0.15, 0.2) is 39.6 Å². The number of aliphatic imine (C=N–C) groups is 2. The van der Waals surface area contributed by atoms with Crippen LogP contribution in [0.5, 0.6) is 0 Å². The summed E-state index contributed by atoms with van der Waals surface area (Å²) in [5.41, 5.74) is 2.85. The minimum absolute atomic E-state index is 0.0568. The van der Waals surface area contributed by atoms with Crippen LogP contribution in [0, 0.1) is 12.7 Å². The van der Waals surface area contributed by atoms with Gasteiger partial charge < -0.3 is 4.99 Å². The molecule has 0 saturated carbocycles. The summed E-state index contributed by atoms with van der Waals surface area (Å²) in [5.74, 6) is -0.228. The first-order valence-corrected chi connectivity index (χ1v) is 8.88. The Balaban J connectivity index is 2.10. The molecule has 0 atom stereocenters. The van der Waals surface area contributed by atoms with Crippen molar-refractivity contribution in [3.05, 3.63) is 52.4 Å². The van der Waals surface area contributed by atoms with Gasteiger partial charge in [0.2, 0.25) is 11.6 Å². The number of nitrogens with zero attached hydrogens (tertiary/aromatic N) is 4. The topological polar surface area (TPSA) is 67.6 Å². The molecule has 0 N–H and O–H groups in total. The predicted molar refractivity (Wildman–Crippen MR) is 104 cm³/mol. The molecule has 3 rings (SSSR count). The summed E-state index contributed by atoms with van der Waals surface area (Å²) in [5, 5.41) is 1.97. The first-order valence-electron chi connectivity index (χ1n) is 8.00. The third-order valence-electron chi connectivity index (χ3n) is 3.75. The molecule has 0 amide bonds. The predicted octanol–water partition coefficient (Wildman–Crippen LogP) is 4.55. The quantitative estimate of drug-likeness (QED) is 0.490. The van der Waals surface area contributed by atoms with Crippen molar-refractivity contribution in [2.24, 2.45) is 9.98 Å². The molecular formula is C19H17FN4OS. The van der Waals surface area contributed by atoms with E-state index >= 15 is 0 Å². The molecule has 5 nitrogen and oxygen atoms in total. The third-order valence-corrected chi connectivity index (χ3v) is 4.83. The Morgan fingerprint density at radius 2 is 2.00 bits per heavy atom. The van der Waals surface area contributed by atoms with Crippen molar-refractivity contribution in [2.45, 2.75) is 20.3 Å². The van der Waals surface area contributed by atoms with Crippen LogP contribution in [0.4, 0.5) is 10.2 Å². The molecule has 0 aliphatic carbocycles. The lowest BCUT2D eigenvalue weighted by Crippen LogP contribution is -2.07. The molecule has 0 fully saturated rings. The number of benzene rings is 1. The maximum Gasteiger partial charge on any atom is 0.230 e. The van der Waals surface area contributed by atoms with Gasteiger partial charge >= 0.3 is 0 Å². The van der Waals surface area contributed by atoms with Crippen molar-refractivity contribution < 1.29 is 9.18 Å². The molecule has 0 spiro atoms. The standard InChI is InChI=1S/C19H17FN4OS/c1-11-10-26-17-15(11)23-18(16(25)13-4-6-14(20)7-5-13)24-19(17)22-12(2)8-9-21-3/h4-7,9-10H,8H2,1-3H3. The molecule has 0 unspecified atom stereocenters. The lowest BCUT2D eigenvalue weighted by molar-refractivity contribution is 0.103. The molecule has 2 aromatic heterocycles. The van der Waals surface area contributed by atoms with Gasteiger partial charge in [0.25, 0.3) is 0 Å². The highest BCUT2D eigenvalue weighted by molar-refractivity contribution is 7.17. The second-order valence-electron chi connectivity index (χ2n) is 5.80. The average molecular weight is 368 g/mol. The van der Waals surface area contributed by atoms with Crippen molar-refractivity contribution in [1.29, 1.82) is 0 Å². The van der Waals surface area contributed by atoms with Crippen molar-refractivity contribution in [3.8, 4) is 0 Å². The monoisotopic (exact) mass is 368 g/mol. The van der Waals surface area contributed by atoms with Crippen LogP contribution in [0.25, 0.3) is 10.2 Å². The smallest absolute Gasteiger partial charge is 0.230 e. The van der Waals surface area contributed by atoms with Crippen molar-refractivity contribution in [1.82, 2.24) is 9.97 Å². The molecule has 0 radical (unpaired) electrons. The minimum Gasteiger partial charge on any atom is -0.300 e. The number of aromatic nitrogens is 2. The van der Waals surface area contributed by atoms with E-state index in [0.717, 1.165) is 16.0 Å². The van der Waals surface area contributed by atoms with E-state index in [1.807, 2.05) is 19.2 Å². The van der Waals surface area contributed by atoms with Crippen LogP contribution in [0.2, 0.25) is 0 Å². The second kappa shape index (κ2) is 7.61. The van der Waals surface area contributed by atoms with Gasteiger partial charge in [-0.2, -0.15) is 0 Å². The Hall–Kier alpha value is -2.80. The second-order valence-corrected chi connectivity index (χ2v) is 6.67. The molecule has 0 aliphatic heterocycles. The summed E-state index contributed by atoms with van der Waals surface area (Å²) < 4.78 is 14.0. The van der Waals surface area contributed by atoms with E-state index in [1.165, 1.54) is 35.6 Å². The minimum atomic E-state index is -0.398. The van der Waals surface area contributed by atoms with Crippen LogP contribution < -0.4 is 0 Å². The fourth-order valence-electron chi connectivity index (χ4n) is 2.38. The molecule has 3 aromatic rings. The number of rotatable bonds is 5. The van der Waals surface area contributed by atoms with E-state index in [1.54, 1.807) is 13.3 Å². The van der Waals surface area contributed by atoms with Gasteiger partial charge in [-0.1, -0.05) is 0 Å². The Kier molecular flexibility index (Phi) is 5.27. The molecule has 1 aromatic carbocycles. The zero-order valence-corrected chi connectivity index (χ0v) is 15.5. The number of thiophene rings is 1. The van der Waals surface area contributed by atoms with Crippen LogP contribution in [-0.2, 0) is 0 Å². The van der Waals surface area contributed by atoms with E-state index in [2.05, 4.69) is 20.0 Å². The lowest BCUT2D eigenvalue weighted by atomic mass is 10.1. The molecule has 7 heteroatoms. The highest BCUT2D eigenvalue weighted by Crippen LogP contribution is 2.31. The van der Waals surface area contributed by atoms with Gasteiger partial charge in [0, 0.05) is 31.0 Å². The number of carbonyl (C=O) groups excluding carboxylic acids is 1. The number of fused-ring (bicyclic) bond motifs is 1. The highest BCUT2D eigenvalue weighted by atomic mass is 32.1. The summed E-state index contributed by atoms with van der Waals surface area (Å²) >= 11 is 1.50. The molecular weight excluding hydrogens is 351 g/mol. The fourth-order valence-corrected chi connectivity index (χ4v) is 3.30. The van der Waals surface area contributed by atoms with Crippen LogP contribution in [-0.4, -0.2) is 34.7 Å². The SMILES string of the molecule is CN=CCC(C)=Nc1nc(C(=O)c2ccc(F)cc2)nc2c(C)csc12. The number of hydrogen-bond donors (Lipinski definition) is 0. The number of aryl methyl sites for hydroxylation is 1. The normalized spacial score (nSPS) is 12.2. The molecule has 132 valence electrons. The van der Waals surface area contributed by atoms with Crippen LogP contribution in [0.1, 0.15) is 35.1 Å². The van der Waals surface area contributed by atoms with Crippen molar-refractivity contribution in [3.63, 3.8) is 0 Å². The van der Waals surface area contributed by atoms with Gasteiger partial charge in [-0.3, -0.25) is 4.79 Å². The van der Waals surface area contributed by atoms with Gasteiger partial charge in [-0.15, -0.1) is 11.3 Å². The van der Waals surface area contributed by atoms with Crippen LogP contribution in [0.3, 0.4) is 0 Å². The Morgan fingerprint density at radius 3 is 2.69 bits per heavy atom. The maximum atomic E-state index is 13.1. The number of halogens is 1. The number of hydrogen-bond acceptors (Lipinski definition) is 6. The average Bonchev–Trinajstić information content (AvgIpc) is 3.01. The Labute approximate surface area is 154 Å². The van der Waals surface area contributed by atoms with Gasteiger partial charge in [0.1, 0.15) is 5.82 Å². The van der Waals surface area contributed by atoms with E-state index in [4.69, 9.17) is 0 Å². The van der Waals surface area contributed by atoms with Gasteiger partial charge in [-0.05, 0) is 49.1 Å². The van der Waals surface area contributed by atoms with Crippen molar-refractivity contribution >= 4 is 45.1 Å². The molecule has 0 saturated heterocycles. The summed E-state index contributed by atoms with van der Waals surface area (Å²) in [6, 6.07) is 5.35. The summed E-state index contributed by atoms with van der Waals surface area (Å²) in [6.07, 6.45) is 2.37. The van der Waals surface area contributed by atoms with Gasteiger partial charge in [-0.25, -0.2) is 19.4 Å². The lowest BCUT2D eigenvalue weighted by Gasteiger charge is -2.04. The molecule has 26 heavy (non-hydrogen) atoms. The number of carbonyl (C=O) groups is 1. The fraction of sp³-hybridized carbons (Fsp3) is 0.211. The Bertz CT molecular complexity index is 1020. The largest absolute Gasteiger partial charge is 0.300 e. The third kappa shape index (κ3) is 3.72. The van der Waals surface area contributed by atoms with Gasteiger partial charge in [0.15, 0.2) is 5.82 Å². The van der Waals surface area contributed by atoms with E-state index in [0.29, 0.717) is 23.3 Å². The summed E-state index contributed by atoms with van der Waals surface area (Å²) in [6.45, 7) is 3.82. The van der Waals surface area contributed by atoms with Crippen LogP contribution >= 0.6 is 11.3 Å².